The number of anilines is 1. The highest BCUT2D eigenvalue weighted by atomic mass is 16.5. The predicted octanol–water partition coefficient (Wildman–Crippen LogP) is 3.86. The van der Waals surface area contributed by atoms with Crippen molar-refractivity contribution in [1.29, 1.82) is 0 Å². The lowest BCUT2D eigenvalue weighted by molar-refractivity contribution is -0.122. The molecule has 5 heteroatoms. The van der Waals surface area contributed by atoms with Crippen LogP contribution in [0, 0.1) is 5.92 Å². The summed E-state index contributed by atoms with van der Waals surface area (Å²) < 4.78 is 5.02. The minimum absolute atomic E-state index is 0.192. The topological polar surface area (TPSA) is 44.8 Å². The molecule has 3 rings (SSSR count). The van der Waals surface area contributed by atoms with Crippen LogP contribution in [0.15, 0.2) is 24.3 Å². The highest BCUT2D eigenvalue weighted by Crippen LogP contribution is 2.27. The van der Waals surface area contributed by atoms with E-state index < -0.39 is 0 Å². The van der Waals surface area contributed by atoms with Gasteiger partial charge in [0.2, 0.25) is 5.91 Å². The third-order valence-electron chi connectivity index (χ3n) is 6.87. The van der Waals surface area contributed by atoms with Crippen molar-refractivity contribution in [2.75, 3.05) is 51.3 Å². The van der Waals surface area contributed by atoms with Crippen LogP contribution in [-0.4, -0.2) is 63.3 Å². The Morgan fingerprint density at radius 3 is 2.60 bits per heavy atom. The molecule has 0 atom stereocenters. The molecule has 0 spiro atoms. The van der Waals surface area contributed by atoms with Crippen LogP contribution in [-0.2, 0) is 16.0 Å². The van der Waals surface area contributed by atoms with E-state index in [1.807, 2.05) is 0 Å². The molecule has 1 aromatic rings. The summed E-state index contributed by atoms with van der Waals surface area (Å²) >= 11 is 0. The van der Waals surface area contributed by atoms with E-state index in [0.717, 1.165) is 44.7 Å². The average Bonchev–Trinajstić information content (AvgIpc) is 2.79. The van der Waals surface area contributed by atoms with E-state index in [2.05, 4.69) is 46.3 Å². The molecule has 0 aromatic heterocycles. The number of aryl methyl sites for hydroxylation is 1. The Labute approximate surface area is 183 Å². The number of nitrogens with zero attached hydrogens (tertiary/aromatic N) is 2. The minimum Gasteiger partial charge on any atom is -0.385 e. The second-order valence-corrected chi connectivity index (χ2v) is 9.02. The van der Waals surface area contributed by atoms with Crippen LogP contribution < -0.4 is 10.2 Å². The fourth-order valence-corrected chi connectivity index (χ4v) is 4.84. The fourth-order valence-electron chi connectivity index (χ4n) is 4.84. The first kappa shape index (κ1) is 23.1. The number of hydrogen-bond acceptors (Lipinski definition) is 4. The summed E-state index contributed by atoms with van der Waals surface area (Å²) in [6.45, 7) is 8.72. The first-order valence-electron chi connectivity index (χ1n) is 12.0. The Morgan fingerprint density at radius 2 is 1.90 bits per heavy atom. The molecule has 1 aromatic carbocycles. The highest BCUT2D eigenvalue weighted by molar-refractivity contribution is 5.76. The first-order valence-corrected chi connectivity index (χ1v) is 12.0. The number of methoxy groups -OCH3 is 1. The van der Waals surface area contributed by atoms with Crippen molar-refractivity contribution >= 4 is 11.6 Å². The predicted molar refractivity (Wildman–Crippen MR) is 124 cm³/mol. The smallest absolute Gasteiger partial charge is 0.220 e. The highest BCUT2D eigenvalue weighted by Gasteiger charge is 2.24. The first-order chi connectivity index (χ1) is 14.7. The van der Waals surface area contributed by atoms with Gasteiger partial charge in [0.25, 0.3) is 0 Å². The van der Waals surface area contributed by atoms with Crippen LogP contribution in [0.5, 0.6) is 0 Å². The number of carbonyl (C=O) groups is 1. The molecule has 1 aliphatic carbocycles. The van der Waals surface area contributed by atoms with Crippen LogP contribution in [0.1, 0.15) is 57.4 Å². The van der Waals surface area contributed by atoms with Gasteiger partial charge in [-0.05, 0) is 75.1 Å². The van der Waals surface area contributed by atoms with Crippen molar-refractivity contribution in [1.82, 2.24) is 10.2 Å². The SMILES string of the molecule is CCc1cccc(N2CCN(CCC3CCC(NC(=O)CCCOC)CC3)CC2)c1. The summed E-state index contributed by atoms with van der Waals surface area (Å²) in [6, 6.07) is 9.41. The Morgan fingerprint density at radius 1 is 1.13 bits per heavy atom. The molecule has 168 valence electrons. The van der Waals surface area contributed by atoms with Crippen LogP contribution in [0.4, 0.5) is 5.69 Å². The van der Waals surface area contributed by atoms with E-state index >= 15 is 0 Å². The molecule has 1 N–H and O–H groups in total. The van der Waals surface area contributed by atoms with Gasteiger partial charge in [0.05, 0.1) is 0 Å². The number of benzene rings is 1. The maximum atomic E-state index is 12.0. The van der Waals surface area contributed by atoms with Gasteiger partial charge in [-0.2, -0.15) is 0 Å². The van der Waals surface area contributed by atoms with Crippen molar-refractivity contribution < 1.29 is 9.53 Å². The summed E-state index contributed by atoms with van der Waals surface area (Å²) in [5.41, 5.74) is 2.81. The third kappa shape index (κ3) is 7.28. The fraction of sp³-hybridized carbons (Fsp3) is 0.720. The maximum Gasteiger partial charge on any atom is 0.220 e. The third-order valence-corrected chi connectivity index (χ3v) is 6.87. The lowest BCUT2D eigenvalue weighted by Crippen LogP contribution is -2.47. The van der Waals surface area contributed by atoms with Gasteiger partial charge in [-0.1, -0.05) is 19.1 Å². The molecular weight excluding hydrogens is 374 g/mol. The van der Waals surface area contributed by atoms with E-state index in [4.69, 9.17) is 4.74 Å². The summed E-state index contributed by atoms with van der Waals surface area (Å²) in [4.78, 5) is 17.2. The van der Waals surface area contributed by atoms with E-state index in [9.17, 15) is 4.79 Å². The summed E-state index contributed by atoms with van der Waals surface area (Å²) in [7, 11) is 1.68. The molecular formula is C25H41N3O2. The number of nitrogens with one attached hydrogen (secondary N) is 1. The molecule has 2 fully saturated rings. The van der Waals surface area contributed by atoms with Crippen LogP contribution >= 0.6 is 0 Å². The van der Waals surface area contributed by atoms with Crippen molar-refractivity contribution in [2.45, 2.75) is 64.3 Å². The van der Waals surface area contributed by atoms with Gasteiger partial charge in [0.15, 0.2) is 0 Å². The van der Waals surface area contributed by atoms with Crippen molar-refractivity contribution in [3.05, 3.63) is 29.8 Å². The molecule has 1 saturated carbocycles. The standard InChI is InChI=1S/C25H41N3O2/c1-3-21-6-4-7-24(20-21)28-17-15-27(16-18-28)14-13-22-9-11-23(12-10-22)26-25(29)8-5-19-30-2/h4,6-7,20,22-23H,3,5,8-19H2,1-2H3,(H,26,29). The molecule has 1 amide bonds. The number of piperazine rings is 1. The molecule has 1 aliphatic heterocycles. The number of amides is 1. The zero-order valence-corrected chi connectivity index (χ0v) is 19.1. The lowest BCUT2D eigenvalue weighted by atomic mass is 9.84. The maximum absolute atomic E-state index is 12.0. The average molecular weight is 416 g/mol. The Kier molecular flexibility index (Phi) is 9.47. The summed E-state index contributed by atoms with van der Waals surface area (Å²) in [6.07, 6.45) is 8.61. The quantitative estimate of drug-likeness (QED) is 0.590. The molecule has 0 unspecified atom stereocenters. The second kappa shape index (κ2) is 12.3. The monoisotopic (exact) mass is 415 g/mol. The molecule has 1 saturated heterocycles. The van der Waals surface area contributed by atoms with Crippen LogP contribution in [0.3, 0.4) is 0 Å². The Hall–Kier alpha value is -1.59. The second-order valence-electron chi connectivity index (χ2n) is 9.02. The zero-order chi connectivity index (χ0) is 21.2. The largest absolute Gasteiger partial charge is 0.385 e. The molecule has 0 radical (unpaired) electrons. The van der Waals surface area contributed by atoms with E-state index in [0.29, 0.717) is 19.1 Å². The zero-order valence-electron chi connectivity index (χ0n) is 19.1. The normalized spacial score (nSPS) is 22.8. The van der Waals surface area contributed by atoms with Crippen molar-refractivity contribution in [2.24, 2.45) is 5.92 Å². The molecule has 30 heavy (non-hydrogen) atoms. The van der Waals surface area contributed by atoms with E-state index in [1.165, 1.54) is 50.1 Å². The van der Waals surface area contributed by atoms with Crippen molar-refractivity contribution in [3.63, 3.8) is 0 Å². The number of hydrogen-bond donors (Lipinski definition) is 1. The Bertz CT molecular complexity index is 635. The minimum atomic E-state index is 0.192. The molecule has 2 aliphatic rings. The van der Waals surface area contributed by atoms with Gasteiger partial charge in [0, 0.05) is 58.0 Å². The number of carbonyl (C=O) groups excluding carboxylic acids is 1. The molecule has 5 nitrogen and oxygen atoms in total. The van der Waals surface area contributed by atoms with Crippen LogP contribution in [0.25, 0.3) is 0 Å². The van der Waals surface area contributed by atoms with Gasteiger partial charge in [-0.25, -0.2) is 0 Å². The number of rotatable bonds is 10. The van der Waals surface area contributed by atoms with Crippen molar-refractivity contribution in [3.8, 4) is 0 Å². The Balaban J connectivity index is 1.30. The van der Waals surface area contributed by atoms with Gasteiger partial charge in [-0.15, -0.1) is 0 Å². The van der Waals surface area contributed by atoms with E-state index in [-0.39, 0.29) is 5.91 Å². The van der Waals surface area contributed by atoms with Crippen LogP contribution in [0.2, 0.25) is 0 Å². The summed E-state index contributed by atoms with van der Waals surface area (Å²) in [5.74, 6) is 1.02. The van der Waals surface area contributed by atoms with Gasteiger partial charge >= 0.3 is 0 Å². The molecule has 1 heterocycles. The number of ether oxygens (including phenoxy) is 1. The van der Waals surface area contributed by atoms with Gasteiger partial charge in [-0.3, -0.25) is 9.69 Å². The van der Waals surface area contributed by atoms with Gasteiger partial charge in [0.1, 0.15) is 0 Å². The van der Waals surface area contributed by atoms with E-state index in [1.54, 1.807) is 7.11 Å². The molecule has 0 bridgehead atoms. The van der Waals surface area contributed by atoms with Gasteiger partial charge < -0.3 is 15.0 Å². The lowest BCUT2D eigenvalue weighted by Gasteiger charge is -2.37. The summed E-state index contributed by atoms with van der Waals surface area (Å²) in [5, 5.41) is 3.22.